The summed E-state index contributed by atoms with van der Waals surface area (Å²) in [5.74, 6) is 0. The van der Waals surface area contributed by atoms with Gasteiger partial charge in [0.05, 0.1) is 11.1 Å². The highest BCUT2D eigenvalue weighted by atomic mass is 35.5. The molecule has 0 aliphatic carbocycles. The van der Waals surface area contributed by atoms with Gasteiger partial charge in [-0.3, -0.25) is 0 Å². The summed E-state index contributed by atoms with van der Waals surface area (Å²) in [5, 5.41) is 19.2. The third kappa shape index (κ3) is 3.98. The van der Waals surface area contributed by atoms with Gasteiger partial charge in [0.1, 0.15) is 0 Å². The van der Waals surface area contributed by atoms with Crippen molar-refractivity contribution in [2.45, 2.75) is 36.5 Å². The second-order valence-corrected chi connectivity index (χ2v) is 5.69. The first-order chi connectivity index (χ1) is 7.54. The molecule has 16 heavy (non-hydrogen) atoms. The van der Waals surface area contributed by atoms with Crippen LogP contribution in [0.15, 0.2) is 23.1 Å². The zero-order chi connectivity index (χ0) is 12.1. The summed E-state index contributed by atoms with van der Waals surface area (Å²) in [6, 6.07) is 5.59. The van der Waals surface area contributed by atoms with E-state index < -0.39 is 6.10 Å². The van der Waals surface area contributed by atoms with Crippen LogP contribution in [-0.2, 0) is 0 Å². The molecule has 0 heterocycles. The number of thioether (sulfide) groups is 1. The fourth-order valence-corrected chi connectivity index (χ4v) is 2.63. The molecule has 2 nitrogen and oxygen atoms in total. The Bertz CT molecular complexity index is 342. The third-order valence-electron chi connectivity index (χ3n) is 2.30. The van der Waals surface area contributed by atoms with Gasteiger partial charge in [-0.2, -0.15) is 0 Å². The van der Waals surface area contributed by atoms with Crippen LogP contribution in [0.3, 0.4) is 0 Å². The lowest BCUT2D eigenvalue weighted by Gasteiger charge is -2.12. The second kappa shape index (κ2) is 6.50. The number of hydrogen-bond donors (Lipinski definition) is 2. The lowest BCUT2D eigenvalue weighted by molar-refractivity contribution is 0.199. The van der Waals surface area contributed by atoms with E-state index in [0.717, 1.165) is 16.9 Å². The molecule has 0 aliphatic heterocycles. The molecule has 1 aromatic rings. The van der Waals surface area contributed by atoms with Gasteiger partial charge < -0.3 is 10.2 Å². The van der Waals surface area contributed by atoms with Crippen LogP contribution in [0.4, 0.5) is 0 Å². The molecule has 1 rings (SSSR count). The standard InChI is InChI=1S/C12H17ClO2S/c1-8(5-6-14)16-12-4-3-10(9(2)15)7-11(12)13/h3-4,7-9,14-15H,5-6H2,1-2H3. The maximum absolute atomic E-state index is 9.41. The lowest BCUT2D eigenvalue weighted by atomic mass is 10.1. The van der Waals surface area contributed by atoms with Gasteiger partial charge in [0.15, 0.2) is 0 Å². The molecule has 0 saturated heterocycles. The minimum Gasteiger partial charge on any atom is -0.396 e. The molecule has 2 N–H and O–H groups in total. The Morgan fingerprint density at radius 1 is 1.38 bits per heavy atom. The molecule has 4 heteroatoms. The lowest BCUT2D eigenvalue weighted by Crippen LogP contribution is -1.99. The van der Waals surface area contributed by atoms with Gasteiger partial charge in [-0.15, -0.1) is 11.8 Å². The van der Waals surface area contributed by atoms with E-state index in [1.807, 2.05) is 12.1 Å². The summed E-state index contributed by atoms with van der Waals surface area (Å²) >= 11 is 7.76. The number of aliphatic hydroxyl groups excluding tert-OH is 2. The predicted octanol–water partition coefficient (Wildman–Crippen LogP) is 3.26. The average Bonchev–Trinajstić information content (AvgIpc) is 2.21. The van der Waals surface area contributed by atoms with Gasteiger partial charge in [-0.1, -0.05) is 24.6 Å². The fourth-order valence-electron chi connectivity index (χ4n) is 1.33. The zero-order valence-corrected chi connectivity index (χ0v) is 11.1. The Labute approximate surface area is 106 Å². The number of halogens is 1. The van der Waals surface area contributed by atoms with Crippen LogP contribution < -0.4 is 0 Å². The largest absolute Gasteiger partial charge is 0.396 e. The van der Waals surface area contributed by atoms with Crippen molar-refractivity contribution in [3.05, 3.63) is 28.8 Å². The molecular weight excluding hydrogens is 244 g/mol. The molecule has 0 amide bonds. The summed E-state index contributed by atoms with van der Waals surface area (Å²) < 4.78 is 0. The summed E-state index contributed by atoms with van der Waals surface area (Å²) in [6.07, 6.45) is 0.255. The molecule has 0 radical (unpaired) electrons. The van der Waals surface area contributed by atoms with E-state index in [1.54, 1.807) is 24.8 Å². The van der Waals surface area contributed by atoms with Crippen molar-refractivity contribution < 1.29 is 10.2 Å². The van der Waals surface area contributed by atoms with Crippen LogP contribution in [0.5, 0.6) is 0 Å². The van der Waals surface area contributed by atoms with E-state index in [1.165, 1.54) is 0 Å². The van der Waals surface area contributed by atoms with Gasteiger partial charge in [0.2, 0.25) is 0 Å². The van der Waals surface area contributed by atoms with Crippen molar-refractivity contribution in [1.29, 1.82) is 0 Å². The van der Waals surface area contributed by atoms with Crippen molar-refractivity contribution in [3.63, 3.8) is 0 Å². The minimum atomic E-state index is -0.494. The number of benzene rings is 1. The minimum absolute atomic E-state index is 0.192. The predicted molar refractivity (Wildman–Crippen MR) is 69.1 cm³/mol. The van der Waals surface area contributed by atoms with Crippen LogP contribution in [0.2, 0.25) is 5.02 Å². The monoisotopic (exact) mass is 260 g/mol. The second-order valence-electron chi connectivity index (χ2n) is 3.81. The van der Waals surface area contributed by atoms with Crippen LogP contribution in [0.1, 0.15) is 31.9 Å². The summed E-state index contributed by atoms with van der Waals surface area (Å²) in [6.45, 7) is 3.96. The van der Waals surface area contributed by atoms with Gasteiger partial charge in [-0.25, -0.2) is 0 Å². The molecule has 90 valence electrons. The zero-order valence-electron chi connectivity index (χ0n) is 9.48. The molecule has 0 bridgehead atoms. The van der Waals surface area contributed by atoms with E-state index >= 15 is 0 Å². The maximum atomic E-state index is 9.41. The first-order valence-electron chi connectivity index (χ1n) is 5.29. The summed E-state index contributed by atoms with van der Waals surface area (Å²) in [7, 11) is 0. The average molecular weight is 261 g/mol. The Morgan fingerprint density at radius 2 is 2.06 bits per heavy atom. The summed E-state index contributed by atoms with van der Waals surface area (Å²) in [4.78, 5) is 0.993. The van der Waals surface area contributed by atoms with Gasteiger partial charge in [-0.05, 0) is 31.0 Å². The Morgan fingerprint density at radius 3 is 2.56 bits per heavy atom. The smallest absolute Gasteiger partial charge is 0.0762 e. The highest BCUT2D eigenvalue weighted by Crippen LogP contribution is 2.33. The third-order valence-corrected chi connectivity index (χ3v) is 3.97. The van der Waals surface area contributed by atoms with Crippen LogP contribution in [0.25, 0.3) is 0 Å². The first-order valence-corrected chi connectivity index (χ1v) is 6.55. The van der Waals surface area contributed by atoms with E-state index in [2.05, 4.69) is 6.92 Å². The molecular formula is C12H17ClO2S. The topological polar surface area (TPSA) is 40.5 Å². The van der Waals surface area contributed by atoms with Gasteiger partial charge >= 0.3 is 0 Å². The number of aliphatic hydroxyl groups is 2. The molecule has 0 saturated carbocycles. The van der Waals surface area contributed by atoms with Crippen molar-refractivity contribution >= 4 is 23.4 Å². The number of rotatable bonds is 5. The Kier molecular flexibility index (Phi) is 5.62. The molecule has 0 aromatic heterocycles. The van der Waals surface area contributed by atoms with Gasteiger partial charge in [0, 0.05) is 16.8 Å². The normalized spacial score (nSPS) is 14.8. The Hall–Kier alpha value is -0.220. The maximum Gasteiger partial charge on any atom is 0.0762 e. The summed E-state index contributed by atoms with van der Waals surface area (Å²) in [5.41, 5.74) is 0.823. The number of hydrogen-bond acceptors (Lipinski definition) is 3. The SMILES string of the molecule is CC(CCO)Sc1ccc(C(C)O)cc1Cl. The van der Waals surface area contributed by atoms with Crippen LogP contribution in [0, 0.1) is 0 Å². The fraction of sp³-hybridized carbons (Fsp3) is 0.500. The molecule has 1 aromatic carbocycles. The van der Waals surface area contributed by atoms with Crippen molar-refractivity contribution in [2.24, 2.45) is 0 Å². The molecule has 0 fully saturated rings. The van der Waals surface area contributed by atoms with Crippen molar-refractivity contribution in [3.8, 4) is 0 Å². The quantitative estimate of drug-likeness (QED) is 0.799. The van der Waals surface area contributed by atoms with Crippen molar-refractivity contribution in [1.82, 2.24) is 0 Å². The van der Waals surface area contributed by atoms with Crippen LogP contribution in [-0.4, -0.2) is 22.1 Å². The molecule has 2 unspecified atom stereocenters. The highest BCUT2D eigenvalue weighted by molar-refractivity contribution is 8.00. The first kappa shape index (κ1) is 13.8. The molecule has 0 aliphatic rings. The van der Waals surface area contributed by atoms with Gasteiger partial charge in [0.25, 0.3) is 0 Å². The molecule has 0 spiro atoms. The van der Waals surface area contributed by atoms with E-state index in [9.17, 15) is 5.11 Å². The van der Waals surface area contributed by atoms with E-state index in [-0.39, 0.29) is 6.61 Å². The van der Waals surface area contributed by atoms with E-state index in [0.29, 0.717) is 10.3 Å². The van der Waals surface area contributed by atoms with Crippen LogP contribution >= 0.6 is 23.4 Å². The molecule has 2 atom stereocenters. The van der Waals surface area contributed by atoms with Crippen molar-refractivity contribution in [2.75, 3.05) is 6.61 Å². The highest BCUT2D eigenvalue weighted by Gasteiger charge is 2.09. The van der Waals surface area contributed by atoms with E-state index in [4.69, 9.17) is 16.7 Å². The Balaban J connectivity index is 2.75.